The molecule has 1 aliphatic rings. The van der Waals surface area contributed by atoms with E-state index in [1.54, 1.807) is 24.3 Å². The van der Waals surface area contributed by atoms with Crippen LogP contribution in [-0.4, -0.2) is 45.9 Å². The van der Waals surface area contributed by atoms with E-state index in [0.717, 1.165) is 0 Å². The minimum atomic E-state index is -0.225. The van der Waals surface area contributed by atoms with Crippen molar-refractivity contribution in [3.8, 4) is 0 Å². The molecule has 2 amide bonds. The number of fused-ring (bicyclic) bond motifs is 1. The summed E-state index contributed by atoms with van der Waals surface area (Å²) < 4.78 is 0. The van der Waals surface area contributed by atoms with Crippen LogP contribution in [0.1, 0.15) is 44.7 Å². The summed E-state index contributed by atoms with van der Waals surface area (Å²) in [6.07, 6.45) is 1.32. The normalized spacial score (nSPS) is 14.1. The second kappa shape index (κ2) is 10.4. The fourth-order valence-electron chi connectivity index (χ4n) is 4.27. The molecule has 0 saturated heterocycles. The van der Waals surface area contributed by atoms with Crippen LogP contribution in [0.2, 0.25) is 0 Å². The Hall–Kier alpha value is -3.28. The number of aliphatic hydroxyl groups excluding tert-OH is 1. The van der Waals surface area contributed by atoms with Crippen LogP contribution < -0.4 is 0 Å². The molecule has 3 aromatic carbocycles. The molecule has 5 heteroatoms. The molecule has 0 fully saturated rings. The van der Waals surface area contributed by atoms with Crippen LogP contribution >= 0.6 is 0 Å². The van der Waals surface area contributed by atoms with E-state index in [0.29, 0.717) is 43.6 Å². The van der Waals surface area contributed by atoms with Gasteiger partial charge in [-0.25, -0.2) is 0 Å². The number of rotatable bonds is 10. The van der Waals surface area contributed by atoms with E-state index < -0.39 is 0 Å². The van der Waals surface area contributed by atoms with Crippen molar-refractivity contribution in [1.82, 2.24) is 9.80 Å². The average molecular weight is 429 g/mol. The van der Waals surface area contributed by atoms with Gasteiger partial charge in [-0.3, -0.25) is 19.4 Å². The Kier molecular flexibility index (Phi) is 7.10. The molecule has 4 rings (SSSR count). The summed E-state index contributed by atoms with van der Waals surface area (Å²) in [6, 6.07) is 27.3. The maximum atomic E-state index is 12.6. The first-order valence-corrected chi connectivity index (χ1v) is 11.1. The van der Waals surface area contributed by atoms with Crippen molar-refractivity contribution in [3.63, 3.8) is 0 Å². The van der Waals surface area contributed by atoms with E-state index in [4.69, 9.17) is 0 Å². The lowest BCUT2D eigenvalue weighted by molar-refractivity contribution is 0.0635. The molecule has 0 unspecified atom stereocenters. The Morgan fingerprint density at radius 2 is 1.19 bits per heavy atom. The number of imide groups is 1. The van der Waals surface area contributed by atoms with Crippen LogP contribution in [0.3, 0.4) is 0 Å². The maximum Gasteiger partial charge on any atom is 0.261 e. The van der Waals surface area contributed by atoms with E-state index in [1.807, 2.05) is 36.4 Å². The standard InChI is InChI=1S/C27H28N2O3/c30-20-23(14-9-17-29-26(31)24-15-7-8-16-25(24)27(29)32)28(18-21-10-3-1-4-11-21)19-22-12-5-2-6-13-22/h1-8,10-13,15-16,23,30H,9,14,17-20H2/t23-/m0/s1. The zero-order valence-corrected chi connectivity index (χ0v) is 18.1. The van der Waals surface area contributed by atoms with Crippen LogP contribution in [0.5, 0.6) is 0 Å². The van der Waals surface area contributed by atoms with Crippen LogP contribution in [0.15, 0.2) is 84.9 Å². The fourth-order valence-corrected chi connectivity index (χ4v) is 4.27. The van der Waals surface area contributed by atoms with Gasteiger partial charge in [-0.15, -0.1) is 0 Å². The number of hydrogen-bond donors (Lipinski definition) is 1. The zero-order valence-electron chi connectivity index (χ0n) is 18.1. The SMILES string of the molecule is O=C1c2ccccc2C(=O)N1CCC[C@@H](CO)N(Cc1ccccc1)Cc1ccccc1. The molecule has 5 nitrogen and oxygen atoms in total. The number of carbonyl (C=O) groups is 2. The zero-order chi connectivity index (χ0) is 22.3. The minimum absolute atomic E-state index is 0.0157. The summed E-state index contributed by atoms with van der Waals surface area (Å²) in [4.78, 5) is 28.8. The minimum Gasteiger partial charge on any atom is -0.395 e. The van der Waals surface area contributed by atoms with Crippen molar-refractivity contribution in [2.24, 2.45) is 0 Å². The number of aliphatic hydroxyl groups is 1. The van der Waals surface area contributed by atoms with Gasteiger partial charge in [-0.05, 0) is 36.1 Å². The Bertz CT molecular complexity index is 976. The Morgan fingerprint density at radius 3 is 1.66 bits per heavy atom. The van der Waals surface area contributed by atoms with Gasteiger partial charge >= 0.3 is 0 Å². The predicted molar refractivity (Wildman–Crippen MR) is 124 cm³/mol. The summed E-state index contributed by atoms with van der Waals surface area (Å²) in [6.45, 7) is 1.80. The van der Waals surface area contributed by atoms with Crippen molar-refractivity contribution in [2.45, 2.75) is 32.0 Å². The molecule has 1 aliphatic heterocycles. The number of benzene rings is 3. The van der Waals surface area contributed by atoms with Gasteiger partial charge in [-0.1, -0.05) is 72.8 Å². The number of amides is 2. The van der Waals surface area contributed by atoms with Crippen LogP contribution in [0.4, 0.5) is 0 Å². The molecule has 0 spiro atoms. The smallest absolute Gasteiger partial charge is 0.261 e. The maximum absolute atomic E-state index is 12.6. The summed E-state index contributed by atoms with van der Waals surface area (Å²) in [7, 11) is 0. The molecule has 3 aromatic rings. The van der Waals surface area contributed by atoms with Crippen molar-refractivity contribution in [2.75, 3.05) is 13.2 Å². The predicted octanol–water partition coefficient (Wildman–Crippen LogP) is 4.13. The fraction of sp³-hybridized carbons (Fsp3) is 0.259. The molecule has 164 valence electrons. The topological polar surface area (TPSA) is 60.9 Å². The monoisotopic (exact) mass is 428 g/mol. The van der Waals surface area contributed by atoms with Crippen molar-refractivity contribution in [3.05, 3.63) is 107 Å². The third-order valence-corrected chi connectivity index (χ3v) is 5.98. The lowest BCUT2D eigenvalue weighted by Crippen LogP contribution is -2.38. The van der Waals surface area contributed by atoms with Gasteiger partial charge in [0.2, 0.25) is 0 Å². The Labute approximate surface area is 188 Å². The van der Waals surface area contributed by atoms with E-state index in [1.165, 1.54) is 16.0 Å². The summed E-state index contributed by atoms with van der Waals surface area (Å²) in [5.74, 6) is -0.451. The van der Waals surface area contributed by atoms with Crippen LogP contribution in [-0.2, 0) is 13.1 Å². The molecule has 0 aromatic heterocycles. The summed E-state index contributed by atoms with van der Waals surface area (Å²) in [5.41, 5.74) is 3.32. The molecule has 0 radical (unpaired) electrons. The van der Waals surface area contributed by atoms with Gasteiger partial charge in [0.05, 0.1) is 17.7 Å². The van der Waals surface area contributed by atoms with Gasteiger partial charge in [-0.2, -0.15) is 0 Å². The van der Waals surface area contributed by atoms with Gasteiger partial charge in [0, 0.05) is 25.7 Å². The van der Waals surface area contributed by atoms with Gasteiger partial charge in [0.15, 0.2) is 0 Å². The molecule has 1 atom stereocenters. The highest BCUT2D eigenvalue weighted by atomic mass is 16.3. The summed E-state index contributed by atoms with van der Waals surface area (Å²) in [5, 5.41) is 10.2. The number of nitrogens with zero attached hydrogens (tertiary/aromatic N) is 2. The van der Waals surface area contributed by atoms with Gasteiger partial charge in [0.1, 0.15) is 0 Å². The molecular formula is C27H28N2O3. The highest BCUT2D eigenvalue weighted by Crippen LogP contribution is 2.23. The van der Waals surface area contributed by atoms with Crippen molar-refractivity contribution < 1.29 is 14.7 Å². The van der Waals surface area contributed by atoms with Crippen LogP contribution in [0, 0.1) is 0 Å². The molecule has 1 heterocycles. The highest BCUT2D eigenvalue weighted by Gasteiger charge is 2.34. The first-order chi connectivity index (χ1) is 15.7. The summed E-state index contributed by atoms with van der Waals surface area (Å²) >= 11 is 0. The largest absolute Gasteiger partial charge is 0.395 e. The van der Waals surface area contributed by atoms with Crippen LogP contribution in [0.25, 0.3) is 0 Å². The number of carbonyl (C=O) groups excluding carboxylic acids is 2. The number of hydrogen-bond acceptors (Lipinski definition) is 4. The Morgan fingerprint density at radius 1 is 0.719 bits per heavy atom. The first-order valence-electron chi connectivity index (χ1n) is 11.1. The van der Waals surface area contributed by atoms with E-state index in [2.05, 4.69) is 29.2 Å². The van der Waals surface area contributed by atoms with Crippen molar-refractivity contribution in [1.29, 1.82) is 0 Å². The highest BCUT2D eigenvalue weighted by molar-refractivity contribution is 6.21. The molecule has 32 heavy (non-hydrogen) atoms. The third kappa shape index (κ3) is 4.96. The first kappa shape index (κ1) is 21.9. The lowest BCUT2D eigenvalue weighted by atomic mass is 10.1. The van der Waals surface area contributed by atoms with E-state index in [-0.39, 0.29) is 24.5 Å². The van der Waals surface area contributed by atoms with Gasteiger partial charge in [0.25, 0.3) is 11.8 Å². The second-order valence-corrected chi connectivity index (χ2v) is 8.16. The van der Waals surface area contributed by atoms with Crippen molar-refractivity contribution >= 4 is 11.8 Å². The lowest BCUT2D eigenvalue weighted by Gasteiger charge is -2.31. The molecule has 0 saturated carbocycles. The Balaban J connectivity index is 1.42. The molecule has 0 bridgehead atoms. The van der Waals surface area contributed by atoms with Gasteiger partial charge < -0.3 is 5.11 Å². The average Bonchev–Trinajstić information content (AvgIpc) is 3.08. The third-order valence-electron chi connectivity index (χ3n) is 5.98. The molecular weight excluding hydrogens is 400 g/mol. The second-order valence-electron chi connectivity index (χ2n) is 8.16. The quantitative estimate of drug-likeness (QED) is 0.494. The molecule has 1 N–H and O–H groups in total. The molecule has 0 aliphatic carbocycles. The van der Waals surface area contributed by atoms with E-state index in [9.17, 15) is 14.7 Å². The van der Waals surface area contributed by atoms with E-state index >= 15 is 0 Å².